The molecule has 2 aromatic carbocycles. The first-order chi connectivity index (χ1) is 12.6. The molecule has 0 unspecified atom stereocenters. The maximum absolute atomic E-state index is 12.9. The zero-order chi connectivity index (χ0) is 19.8. The van der Waals surface area contributed by atoms with Gasteiger partial charge in [-0.2, -0.15) is 0 Å². The third kappa shape index (κ3) is 4.10. The van der Waals surface area contributed by atoms with Crippen LogP contribution < -0.4 is 14.4 Å². The largest absolute Gasteiger partial charge is 0.492 e. The predicted molar refractivity (Wildman–Crippen MR) is 109 cm³/mol. The Bertz CT molecular complexity index is 832. The molecule has 4 heteroatoms. The lowest BCUT2D eigenvalue weighted by molar-refractivity contribution is -0.132. The molecule has 0 bridgehead atoms. The molecular weight excluding hydrogens is 338 g/mol. The second-order valence-electron chi connectivity index (χ2n) is 8.66. The fraction of sp³-hybridized carbons (Fsp3) is 0.435. The van der Waals surface area contributed by atoms with Gasteiger partial charge in [-0.1, -0.05) is 39.0 Å². The molecular formula is C23H29NO3. The molecule has 0 saturated carbocycles. The molecule has 4 nitrogen and oxygen atoms in total. The van der Waals surface area contributed by atoms with E-state index in [-0.39, 0.29) is 11.3 Å². The molecule has 0 aromatic heterocycles. The standard InChI is InChI=1S/C23H29NO3/c1-16-7-12-20-19(15-16)24(21(25)23(5,6)27-20)13-14-26-18-10-8-17(9-11-18)22(2,3)4/h7-12,15H,13-14H2,1-6H3. The number of ether oxygens (including phenoxy) is 2. The second-order valence-corrected chi connectivity index (χ2v) is 8.66. The number of fused-ring (bicyclic) bond motifs is 1. The molecule has 1 aliphatic rings. The Hall–Kier alpha value is -2.49. The minimum Gasteiger partial charge on any atom is -0.492 e. The van der Waals surface area contributed by atoms with Crippen LogP contribution in [0.25, 0.3) is 0 Å². The van der Waals surface area contributed by atoms with Gasteiger partial charge in [0.05, 0.1) is 12.2 Å². The highest BCUT2D eigenvalue weighted by molar-refractivity contribution is 6.02. The third-order valence-corrected chi connectivity index (χ3v) is 4.83. The molecule has 0 spiro atoms. The van der Waals surface area contributed by atoms with Crippen molar-refractivity contribution < 1.29 is 14.3 Å². The van der Waals surface area contributed by atoms with Crippen molar-refractivity contribution in [1.82, 2.24) is 0 Å². The van der Waals surface area contributed by atoms with Gasteiger partial charge in [-0.15, -0.1) is 0 Å². The summed E-state index contributed by atoms with van der Waals surface area (Å²) >= 11 is 0. The highest BCUT2D eigenvalue weighted by atomic mass is 16.5. The topological polar surface area (TPSA) is 38.8 Å². The fourth-order valence-corrected chi connectivity index (χ4v) is 3.21. The first-order valence-electron chi connectivity index (χ1n) is 9.43. The Morgan fingerprint density at radius 2 is 1.74 bits per heavy atom. The number of benzene rings is 2. The molecule has 1 aliphatic heterocycles. The Morgan fingerprint density at radius 3 is 2.37 bits per heavy atom. The van der Waals surface area contributed by atoms with Crippen LogP contribution in [0.5, 0.6) is 11.5 Å². The molecule has 27 heavy (non-hydrogen) atoms. The summed E-state index contributed by atoms with van der Waals surface area (Å²) in [6.07, 6.45) is 0. The summed E-state index contributed by atoms with van der Waals surface area (Å²) in [6, 6.07) is 14.1. The van der Waals surface area contributed by atoms with E-state index in [9.17, 15) is 4.79 Å². The van der Waals surface area contributed by atoms with Crippen LogP contribution >= 0.6 is 0 Å². The number of hydrogen-bond acceptors (Lipinski definition) is 3. The summed E-state index contributed by atoms with van der Waals surface area (Å²) in [6.45, 7) is 13.1. The van der Waals surface area contributed by atoms with Crippen molar-refractivity contribution in [1.29, 1.82) is 0 Å². The summed E-state index contributed by atoms with van der Waals surface area (Å²) in [4.78, 5) is 14.6. The number of anilines is 1. The van der Waals surface area contributed by atoms with Gasteiger partial charge < -0.3 is 14.4 Å². The van der Waals surface area contributed by atoms with E-state index in [1.54, 1.807) is 18.7 Å². The van der Waals surface area contributed by atoms with E-state index < -0.39 is 5.60 Å². The SMILES string of the molecule is Cc1ccc2c(c1)N(CCOc1ccc(C(C)(C)C)cc1)C(=O)C(C)(C)O2. The Balaban J connectivity index is 1.72. The fourth-order valence-electron chi connectivity index (χ4n) is 3.21. The smallest absolute Gasteiger partial charge is 0.270 e. The molecule has 0 fully saturated rings. The number of rotatable bonds is 4. The van der Waals surface area contributed by atoms with Crippen LogP contribution in [0.1, 0.15) is 45.7 Å². The molecule has 0 saturated heterocycles. The molecule has 0 N–H and O–H groups in total. The van der Waals surface area contributed by atoms with Gasteiger partial charge in [-0.05, 0) is 61.6 Å². The van der Waals surface area contributed by atoms with Crippen LogP contribution in [-0.4, -0.2) is 24.7 Å². The zero-order valence-corrected chi connectivity index (χ0v) is 17.1. The van der Waals surface area contributed by atoms with Crippen molar-refractivity contribution >= 4 is 11.6 Å². The van der Waals surface area contributed by atoms with Gasteiger partial charge in [-0.25, -0.2) is 0 Å². The van der Waals surface area contributed by atoms with Gasteiger partial charge in [0.15, 0.2) is 5.60 Å². The third-order valence-electron chi connectivity index (χ3n) is 4.83. The van der Waals surface area contributed by atoms with E-state index in [1.807, 2.05) is 37.3 Å². The van der Waals surface area contributed by atoms with E-state index in [2.05, 4.69) is 32.9 Å². The maximum Gasteiger partial charge on any atom is 0.270 e. The second kappa shape index (κ2) is 6.91. The van der Waals surface area contributed by atoms with Crippen molar-refractivity contribution in [2.45, 2.75) is 52.6 Å². The highest BCUT2D eigenvalue weighted by Gasteiger charge is 2.40. The van der Waals surface area contributed by atoms with E-state index in [0.29, 0.717) is 13.2 Å². The zero-order valence-electron chi connectivity index (χ0n) is 17.1. The van der Waals surface area contributed by atoms with Crippen molar-refractivity contribution in [3.63, 3.8) is 0 Å². The van der Waals surface area contributed by atoms with E-state index >= 15 is 0 Å². The van der Waals surface area contributed by atoms with Crippen molar-refractivity contribution in [3.8, 4) is 11.5 Å². The lowest BCUT2D eigenvalue weighted by Crippen LogP contribution is -2.53. The van der Waals surface area contributed by atoms with Gasteiger partial charge in [0.2, 0.25) is 0 Å². The molecule has 3 rings (SSSR count). The van der Waals surface area contributed by atoms with E-state index in [4.69, 9.17) is 9.47 Å². The number of hydrogen-bond donors (Lipinski definition) is 0. The highest BCUT2D eigenvalue weighted by Crippen LogP contribution is 2.38. The normalized spacial score (nSPS) is 15.9. The average Bonchev–Trinajstić information content (AvgIpc) is 2.58. The van der Waals surface area contributed by atoms with Crippen molar-refractivity contribution in [3.05, 3.63) is 53.6 Å². The molecule has 144 valence electrons. The minimum absolute atomic E-state index is 0.0488. The van der Waals surface area contributed by atoms with E-state index in [1.165, 1.54) is 5.56 Å². The minimum atomic E-state index is -0.878. The van der Waals surface area contributed by atoms with Crippen molar-refractivity contribution in [2.75, 3.05) is 18.1 Å². The maximum atomic E-state index is 12.9. The number of nitrogens with zero attached hydrogens (tertiary/aromatic N) is 1. The van der Waals surface area contributed by atoms with Crippen LogP contribution in [-0.2, 0) is 10.2 Å². The quantitative estimate of drug-likeness (QED) is 0.773. The number of aryl methyl sites for hydroxylation is 1. The summed E-state index contributed by atoms with van der Waals surface area (Å²) < 4.78 is 11.8. The summed E-state index contributed by atoms with van der Waals surface area (Å²) in [5.41, 5.74) is 2.41. The predicted octanol–water partition coefficient (Wildman–Crippen LogP) is 4.88. The van der Waals surface area contributed by atoms with Crippen LogP contribution in [0.3, 0.4) is 0 Å². The number of amides is 1. The lowest BCUT2D eigenvalue weighted by Gasteiger charge is -2.38. The van der Waals surface area contributed by atoms with E-state index in [0.717, 1.165) is 22.7 Å². The molecule has 1 amide bonds. The van der Waals surface area contributed by atoms with Gasteiger partial charge in [0, 0.05) is 0 Å². The molecule has 0 atom stereocenters. The Labute approximate surface area is 162 Å². The lowest BCUT2D eigenvalue weighted by atomic mass is 9.87. The van der Waals surface area contributed by atoms with Gasteiger partial charge >= 0.3 is 0 Å². The molecule has 1 heterocycles. The molecule has 2 aromatic rings. The summed E-state index contributed by atoms with van der Waals surface area (Å²) in [5.74, 6) is 1.50. The monoisotopic (exact) mass is 367 g/mol. The van der Waals surface area contributed by atoms with Crippen LogP contribution in [0.15, 0.2) is 42.5 Å². The Kier molecular flexibility index (Phi) is 4.94. The number of carbonyl (C=O) groups excluding carboxylic acids is 1. The van der Waals surface area contributed by atoms with Gasteiger partial charge in [0.1, 0.15) is 18.1 Å². The van der Waals surface area contributed by atoms with Gasteiger partial charge in [0.25, 0.3) is 5.91 Å². The Morgan fingerprint density at radius 1 is 1.07 bits per heavy atom. The van der Waals surface area contributed by atoms with Crippen LogP contribution in [0.2, 0.25) is 0 Å². The van der Waals surface area contributed by atoms with Crippen LogP contribution in [0, 0.1) is 6.92 Å². The average molecular weight is 367 g/mol. The van der Waals surface area contributed by atoms with Crippen LogP contribution in [0.4, 0.5) is 5.69 Å². The molecule has 0 aliphatic carbocycles. The first-order valence-corrected chi connectivity index (χ1v) is 9.43. The van der Waals surface area contributed by atoms with Gasteiger partial charge in [-0.3, -0.25) is 4.79 Å². The summed E-state index contributed by atoms with van der Waals surface area (Å²) in [7, 11) is 0. The molecule has 0 radical (unpaired) electrons. The summed E-state index contributed by atoms with van der Waals surface area (Å²) in [5, 5.41) is 0. The first kappa shape index (κ1) is 19.3. The number of carbonyl (C=O) groups is 1. The van der Waals surface area contributed by atoms with Crippen molar-refractivity contribution in [2.24, 2.45) is 0 Å².